The summed E-state index contributed by atoms with van der Waals surface area (Å²) in [7, 11) is 1.27. The van der Waals surface area contributed by atoms with Crippen LogP contribution in [0.1, 0.15) is 11.1 Å². The van der Waals surface area contributed by atoms with E-state index >= 15 is 0 Å². The lowest BCUT2D eigenvalue weighted by Crippen LogP contribution is -2.31. The van der Waals surface area contributed by atoms with Gasteiger partial charge in [-0.3, -0.25) is 14.4 Å². The number of esters is 1. The summed E-state index contributed by atoms with van der Waals surface area (Å²) in [6.07, 6.45) is 0.408. The van der Waals surface area contributed by atoms with Crippen LogP contribution in [0.25, 0.3) is 11.1 Å². The highest BCUT2D eigenvalue weighted by atomic mass is 16.5. The molecule has 6 nitrogen and oxygen atoms in total. The zero-order valence-corrected chi connectivity index (χ0v) is 17.3. The smallest absolute Gasteiger partial charge is 0.325 e. The minimum atomic E-state index is -0.499. The summed E-state index contributed by atoms with van der Waals surface area (Å²) < 4.78 is 4.48. The molecule has 0 bridgehead atoms. The molecule has 0 spiro atoms. The number of amides is 2. The normalized spacial score (nSPS) is 10.2. The highest BCUT2D eigenvalue weighted by Gasteiger charge is 2.08. The highest BCUT2D eigenvalue weighted by Crippen LogP contribution is 2.19. The van der Waals surface area contributed by atoms with Crippen LogP contribution in [-0.2, 0) is 32.0 Å². The van der Waals surface area contributed by atoms with Crippen LogP contribution in [0.15, 0.2) is 78.9 Å². The lowest BCUT2D eigenvalue weighted by molar-refractivity contribution is -0.141. The standard InChI is InChI=1S/C25H24N2O4/c1-31-25(30)17-26-23(28)15-19-9-13-22(14-10-19)27-24(29)16-18-7-11-21(12-8-18)20-5-3-2-4-6-20/h2-14H,15-17H2,1H3,(H,26,28)(H,27,29). The molecule has 0 aliphatic carbocycles. The predicted octanol–water partition coefficient (Wildman–Crippen LogP) is 3.37. The van der Waals surface area contributed by atoms with Gasteiger partial charge in [0.25, 0.3) is 0 Å². The second-order valence-electron chi connectivity index (χ2n) is 7.01. The molecule has 3 aromatic carbocycles. The molecule has 0 aromatic heterocycles. The Morgan fingerprint density at radius 1 is 0.710 bits per heavy atom. The maximum Gasteiger partial charge on any atom is 0.325 e. The van der Waals surface area contributed by atoms with E-state index in [1.165, 1.54) is 7.11 Å². The Labute approximate surface area is 181 Å². The minimum absolute atomic E-state index is 0.115. The van der Waals surface area contributed by atoms with Crippen LogP contribution in [0.2, 0.25) is 0 Å². The van der Waals surface area contributed by atoms with Gasteiger partial charge in [0.05, 0.1) is 20.0 Å². The average Bonchev–Trinajstić information content (AvgIpc) is 2.80. The third kappa shape index (κ3) is 6.82. The Morgan fingerprint density at radius 3 is 1.87 bits per heavy atom. The van der Waals surface area contributed by atoms with Crippen LogP contribution in [0.4, 0.5) is 5.69 Å². The molecule has 0 unspecified atom stereocenters. The Bertz CT molecular complexity index is 1030. The van der Waals surface area contributed by atoms with E-state index in [-0.39, 0.29) is 31.2 Å². The number of ether oxygens (including phenoxy) is 1. The first-order valence-corrected chi connectivity index (χ1v) is 9.90. The third-order valence-electron chi connectivity index (χ3n) is 4.69. The fraction of sp³-hybridized carbons (Fsp3) is 0.160. The molecule has 0 aliphatic heterocycles. The van der Waals surface area contributed by atoms with E-state index in [0.717, 1.165) is 22.3 Å². The molecule has 2 amide bonds. The summed E-state index contributed by atoms with van der Waals surface area (Å²) in [4.78, 5) is 35.2. The van der Waals surface area contributed by atoms with Gasteiger partial charge in [0, 0.05) is 5.69 Å². The van der Waals surface area contributed by atoms with Crippen molar-refractivity contribution in [3.8, 4) is 11.1 Å². The number of carbonyl (C=O) groups is 3. The van der Waals surface area contributed by atoms with Gasteiger partial charge in [-0.1, -0.05) is 66.7 Å². The van der Waals surface area contributed by atoms with Crippen LogP contribution in [0.5, 0.6) is 0 Å². The van der Waals surface area contributed by atoms with Crippen LogP contribution in [-0.4, -0.2) is 31.4 Å². The lowest BCUT2D eigenvalue weighted by atomic mass is 10.0. The number of methoxy groups -OCH3 is 1. The van der Waals surface area contributed by atoms with Crippen molar-refractivity contribution in [1.82, 2.24) is 5.32 Å². The number of anilines is 1. The first-order valence-electron chi connectivity index (χ1n) is 9.90. The summed E-state index contributed by atoms with van der Waals surface area (Å²) >= 11 is 0. The maximum atomic E-state index is 12.4. The second-order valence-corrected chi connectivity index (χ2v) is 7.01. The van der Waals surface area contributed by atoms with E-state index in [2.05, 4.69) is 15.4 Å². The summed E-state index contributed by atoms with van der Waals surface area (Å²) in [5, 5.41) is 5.35. The maximum absolute atomic E-state index is 12.4. The monoisotopic (exact) mass is 416 g/mol. The van der Waals surface area contributed by atoms with Crippen molar-refractivity contribution in [2.75, 3.05) is 19.0 Å². The quantitative estimate of drug-likeness (QED) is 0.552. The molecule has 0 saturated heterocycles. The molecule has 2 N–H and O–H groups in total. The van der Waals surface area contributed by atoms with E-state index in [9.17, 15) is 14.4 Å². The number of rotatable bonds is 8. The summed E-state index contributed by atoms with van der Waals surface area (Å²) in [5.41, 5.74) is 4.60. The fourth-order valence-electron chi connectivity index (χ4n) is 3.03. The van der Waals surface area contributed by atoms with E-state index in [1.807, 2.05) is 54.6 Å². The molecular formula is C25H24N2O4. The Balaban J connectivity index is 1.49. The van der Waals surface area contributed by atoms with Crippen molar-refractivity contribution >= 4 is 23.5 Å². The van der Waals surface area contributed by atoms with Crippen molar-refractivity contribution in [3.63, 3.8) is 0 Å². The SMILES string of the molecule is COC(=O)CNC(=O)Cc1ccc(NC(=O)Cc2ccc(-c3ccccc3)cc2)cc1. The molecule has 0 fully saturated rings. The molecule has 0 heterocycles. The molecule has 6 heteroatoms. The van der Waals surface area contributed by atoms with Crippen LogP contribution < -0.4 is 10.6 Å². The molecule has 3 aromatic rings. The second kappa shape index (κ2) is 10.7. The molecular weight excluding hydrogens is 392 g/mol. The molecule has 0 atom stereocenters. The Kier molecular flexibility index (Phi) is 7.54. The van der Waals surface area contributed by atoms with Crippen molar-refractivity contribution < 1.29 is 19.1 Å². The summed E-state index contributed by atoms with van der Waals surface area (Å²) in [6.45, 7) is -0.157. The molecule has 31 heavy (non-hydrogen) atoms. The van der Waals surface area contributed by atoms with Crippen LogP contribution in [0.3, 0.4) is 0 Å². The van der Waals surface area contributed by atoms with E-state index < -0.39 is 5.97 Å². The van der Waals surface area contributed by atoms with Crippen LogP contribution >= 0.6 is 0 Å². The van der Waals surface area contributed by atoms with Crippen molar-refractivity contribution in [2.24, 2.45) is 0 Å². The molecule has 0 aliphatic rings. The predicted molar refractivity (Wildman–Crippen MR) is 119 cm³/mol. The minimum Gasteiger partial charge on any atom is -0.468 e. The lowest BCUT2D eigenvalue weighted by Gasteiger charge is -2.08. The number of carbonyl (C=O) groups excluding carboxylic acids is 3. The van der Waals surface area contributed by atoms with Crippen molar-refractivity contribution in [2.45, 2.75) is 12.8 Å². The number of benzene rings is 3. The van der Waals surface area contributed by atoms with Gasteiger partial charge in [-0.05, 0) is 34.4 Å². The van der Waals surface area contributed by atoms with Gasteiger partial charge in [0.15, 0.2) is 0 Å². The van der Waals surface area contributed by atoms with Crippen molar-refractivity contribution in [1.29, 1.82) is 0 Å². The van der Waals surface area contributed by atoms with Gasteiger partial charge in [0.1, 0.15) is 6.54 Å². The fourth-order valence-corrected chi connectivity index (χ4v) is 3.03. The van der Waals surface area contributed by atoms with Crippen LogP contribution in [0, 0.1) is 0 Å². The number of hydrogen-bond acceptors (Lipinski definition) is 4. The highest BCUT2D eigenvalue weighted by molar-refractivity contribution is 5.92. The first-order chi connectivity index (χ1) is 15.0. The van der Waals surface area contributed by atoms with Gasteiger partial charge in [-0.15, -0.1) is 0 Å². The zero-order chi connectivity index (χ0) is 22.1. The van der Waals surface area contributed by atoms with Gasteiger partial charge >= 0.3 is 5.97 Å². The number of nitrogens with one attached hydrogen (secondary N) is 2. The average molecular weight is 416 g/mol. The van der Waals surface area contributed by atoms with Gasteiger partial charge in [-0.25, -0.2) is 0 Å². The van der Waals surface area contributed by atoms with Gasteiger partial charge < -0.3 is 15.4 Å². The molecule has 0 saturated carbocycles. The topological polar surface area (TPSA) is 84.5 Å². The van der Waals surface area contributed by atoms with E-state index in [4.69, 9.17) is 0 Å². The molecule has 158 valence electrons. The Hall–Kier alpha value is -3.93. The van der Waals surface area contributed by atoms with Gasteiger partial charge in [0.2, 0.25) is 11.8 Å². The largest absolute Gasteiger partial charge is 0.468 e. The first kappa shape index (κ1) is 21.8. The number of hydrogen-bond donors (Lipinski definition) is 2. The zero-order valence-electron chi connectivity index (χ0n) is 17.3. The summed E-state index contributed by atoms with van der Waals surface area (Å²) in [6, 6.07) is 25.0. The van der Waals surface area contributed by atoms with Gasteiger partial charge in [-0.2, -0.15) is 0 Å². The summed E-state index contributed by atoms with van der Waals surface area (Å²) in [5.74, 6) is -0.890. The van der Waals surface area contributed by atoms with E-state index in [0.29, 0.717) is 5.69 Å². The molecule has 0 radical (unpaired) electrons. The third-order valence-corrected chi connectivity index (χ3v) is 4.69. The Morgan fingerprint density at radius 2 is 1.26 bits per heavy atom. The molecule has 3 rings (SSSR count). The van der Waals surface area contributed by atoms with E-state index in [1.54, 1.807) is 24.3 Å². The van der Waals surface area contributed by atoms with Crippen molar-refractivity contribution in [3.05, 3.63) is 90.0 Å².